The van der Waals surface area contributed by atoms with Crippen LogP contribution in [0.25, 0.3) is 10.8 Å². The number of thiazole rings is 1. The second kappa shape index (κ2) is 5.67. The zero-order valence-corrected chi connectivity index (χ0v) is 12.7. The van der Waals surface area contributed by atoms with Gasteiger partial charge in [0.25, 0.3) is 0 Å². The third-order valence-corrected chi connectivity index (χ3v) is 4.17. The molecule has 3 rings (SSSR count). The normalized spacial score (nSPS) is 10.7. The molecule has 1 heterocycles. The summed E-state index contributed by atoms with van der Waals surface area (Å²) in [6.07, 6.45) is 0. The lowest BCUT2D eigenvalue weighted by Crippen LogP contribution is -2.10. The van der Waals surface area contributed by atoms with Gasteiger partial charge in [0.05, 0.1) is 6.54 Å². The maximum Gasteiger partial charge on any atom is 0.304 e. The number of H-pyrrole nitrogens is 1. The third-order valence-electron chi connectivity index (χ3n) is 3.23. The molecule has 106 valence electrons. The molecule has 0 fully saturated rings. The van der Waals surface area contributed by atoms with Gasteiger partial charge in [-0.25, -0.2) is 0 Å². The molecule has 0 saturated carbocycles. The van der Waals surface area contributed by atoms with E-state index in [9.17, 15) is 4.79 Å². The fourth-order valence-electron chi connectivity index (χ4n) is 2.26. The second-order valence-corrected chi connectivity index (χ2v) is 5.88. The Hall–Kier alpha value is -2.18. The Bertz CT molecular complexity index is 866. The van der Waals surface area contributed by atoms with Gasteiger partial charge in [0.2, 0.25) is 0 Å². The first-order valence-corrected chi connectivity index (χ1v) is 7.66. The molecule has 6 heteroatoms. The Morgan fingerprint density at radius 1 is 1.24 bits per heavy atom. The standard InChI is InChI=1S/C15H13N3OS2/c16-14(20)12-5-6-13(11-4-2-1-3-10(11)12)17-7-9-8-21-15(19)18-9/h1-6,8,17H,7H2,(H2,16,20)(H,18,19). The topological polar surface area (TPSA) is 70.9 Å². The molecular weight excluding hydrogens is 302 g/mol. The predicted octanol–water partition coefficient (Wildman–Crippen LogP) is 2.84. The lowest BCUT2D eigenvalue weighted by atomic mass is 10.0. The number of anilines is 1. The van der Waals surface area contributed by atoms with Crippen molar-refractivity contribution in [3.05, 3.63) is 62.7 Å². The summed E-state index contributed by atoms with van der Waals surface area (Å²) in [5.74, 6) is 0. The minimum Gasteiger partial charge on any atom is -0.389 e. The van der Waals surface area contributed by atoms with Crippen LogP contribution in [-0.4, -0.2) is 9.97 Å². The van der Waals surface area contributed by atoms with Crippen LogP contribution in [0.4, 0.5) is 5.69 Å². The molecule has 0 spiro atoms. The van der Waals surface area contributed by atoms with E-state index in [1.54, 1.807) is 0 Å². The van der Waals surface area contributed by atoms with Crippen molar-refractivity contribution in [2.24, 2.45) is 5.73 Å². The van der Waals surface area contributed by atoms with Crippen molar-refractivity contribution in [3.63, 3.8) is 0 Å². The molecule has 0 aliphatic rings. The van der Waals surface area contributed by atoms with Gasteiger partial charge in [-0.2, -0.15) is 0 Å². The van der Waals surface area contributed by atoms with Crippen LogP contribution in [0.1, 0.15) is 11.3 Å². The van der Waals surface area contributed by atoms with Gasteiger partial charge in [-0.1, -0.05) is 47.8 Å². The van der Waals surface area contributed by atoms with Crippen molar-refractivity contribution in [2.45, 2.75) is 6.54 Å². The van der Waals surface area contributed by atoms with Crippen LogP contribution in [0, 0.1) is 0 Å². The average Bonchev–Trinajstić information content (AvgIpc) is 2.90. The average molecular weight is 315 g/mol. The van der Waals surface area contributed by atoms with Crippen molar-refractivity contribution >= 4 is 45.0 Å². The number of thiocarbonyl (C=S) groups is 1. The lowest BCUT2D eigenvalue weighted by Gasteiger charge is -2.12. The van der Waals surface area contributed by atoms with Crippen LogP contribution in [0.3, 0.4) is 0 Å². The maximum atomic E-state index is 11.1. The summed E-state index contributed by atoms with van der Waals surface area (Å²) < 4.78 is 0. The summed E-state index contributed by atoms with van der Waals surface area (Å²) in [4.78, 5) is 14.3. The van der Waals surface area contributed by atoms with E-state index in [-0.39, 0.29) is 4.87 Å². The molecule has 2 aromatic carbocycles. The van der Waals surface area contributed by atoms with Crippen molar-refractivity contribution in [2.75, 3.05) is 5.32 Å². The number of nitrogens with two attached hydrogens (primary N) is 1. The van der Waals surface area contributed by atoms with Crippen molar-refractivity contribution in [1.82, 2.24) is 4.98 Å². The monoisotopic (exact) mass is 315 g/mol. The minimum absolute atomic E-state index is 0.0412. The summed E-state index contributed by atoms with van der Waals surface area (Å²) in [6, 6.07) is 11.8. The molecule has 3 aromatic rings. The molecule has 21 heavy (non-hydrogen) atoms. The highest BCUT2D eigenvalue weighted by Crippen LogP contribution is 2.27. The molecule has 0 aliphatic carbocycles. The predicted molar refractivity (Wildman–Crippen MR) is 92.1 cm³/mol. The Morgan fingerprint density at radius 3 is 2.67 bits per heavy atom. The lowest BCUT2D eigenvalue weighted by molar-refractivity contribution is 1.06. The van der Waals surface area contributed by atoms with Gasteiger partial charge in [-0.3, -0.25) is 4.79 Å². The molecule has 0 radical (unpaired) electrons. The van der Waals surface area contributed by atoms with Crippen molar-refractivity contribution in [1.29, 1.82) is 0 Å². The van der Waals surface area contributed by atoms with Gasteiger partial charge < -0.3 is 16.0 Å². The number of benzene rings is 2. The van der Waals surface area contributed by atoms with E-state index in [1.165, 1.54) is 0 Å². The Morgan fingerprint density at radius 2 is 2.00 bits per heavy atom. The molecule has 0 aliphatic heterocycles. The van der Waals surface area contributed by atoms with Crippen LogP contribution in [0.2, 0.25) is 0 Å². The van der Waals surface area contributed by atoms with E-state index in [4.69, 9.17) is 18.0 Å². The van der Waals surface area contributed by atoms with Crippen LogP contribution >= 0.6 is 23.6 Å². The third kappa shape index (κ3) is 2.81. The highest BCUT2D eigenvalue weighted by Gasteiger charge is 2.07. The Balaban J connectivity index is 1.97. The van der Waals surface area contributed by atoms with Crippen molar-refractivity contribution < 1.29 is 0 Å². The van der Waals surface area contributed by atoms with Crippen LogP contribution in [0.5, 0.6) is 0 Å². The number of fused-ring (bicyclic) bond motifs is 1. The van der Waals surface area contributed by atoms with Gasteiger partial charge >= 0.3 is 4.87 Å². The van der Waals surface area contributed by atoms with E-state index < -0.39 is 0 Å². The highest BCUT2D eigenvalue weighted by atomic mass is 32.1. The number of rotatable bonds is 4. The number of aromatic amines is 1. The maximum absolute atomic E-state index is 11.1. The zero-order chi connectivity index (χ0) is 14.8. The Labute approximate surface area is 130 Å². The first-order chi connectivity index (χ1) is 10.1. The number of hydrogen-bond donors (Lipinski definition) is 3. The molecule has 0 amide bonds. The van der Waals surface area contributed by atoms with E-state index in [0.29, 0.717) is 11.5 Å². The highest BCUT2D eigenvalue weighted by molar-refractivity contribution is 7.80. The summed E-state index contributed by atoms with van der Waals surface area (Å²) >= 11 is 6.26. The van der Waals surface area contributed by atoms with Gasteiger partial charge in [-0.15, -0.1) is 0 Å². The molecule has 1 aromatic heterocycles. The van der Waals surface area contributed by atoms with Gasteiger partial charge in [-0.05, 0) is 17.5 Å². The summed E-state index contributed by atoms with van der Waals surface area (Å²) in [5, 5.41) is 7.23. The fourth-order valence-corrected chi connectivity index (χ4v) is 3.02. The SMILES string of the molecule is NC(=S)c1ccc(NCc2csc(=O)[nH]2)c2ccccc12. The van der Waals surface area contributed by atoms with E-state index in [0.717, 1.165) is 39.1 Å². The van der Waals surface area contributed by atoms with Crippen LogP contribution in [-0.2, 0) is 6.54 Å². The largest absolute Gasteiger partial charge is 0.389 e. The molecule has 4 N–H and O–H groups in total. The Kier molecular flexibility index (Phi) is 3.72. The molecule has 0 unspecified atom stereocenters. The molecule has 0 atom stereocenters. The van der Waals surface area contributed by atoms with Crippen LogP contribution in [0.15, 0.2) is 46.6 Å². The fraction of sp³-hybridized carbons (Fsp3) is 0.0667. The van der Waals surface area contributed by atoms with Gasteiger partial charge in [0.1, 0.15) is 4.99 Å². The van der Waals surface area contributed by atoms with Gasteiger partial charge in [0, 0.05) is 27.7 Å². The van der Waals surface area contributed by atoms with Crippen molar-refractivity contribution in [3.8, 4) is 0 Å². The number of nitrogens with one attached hydrogen (secondary N) is 2. The van der Waals surface area contributed by atoms with E-state index in [2.05, 4.69) is 10.3 Å². The number of aromatic nitrogens is 1. The second-order valence-electron chi connectivity index (χ2n) is 4.60. The van der Waals surface area contributed by atoms with Gasteiger partial charge in [0.15, 0.2) is 0 Å². The molecular formula is C15H13N3OS2. The number of hydrogen-bond acceptors (Lipinski definition) is 4. The quantitative estimate of drug-likeness (QED) is 0.648. The summed E-state index contributed by atoms with van der Waals surface area (Å²) in [7, 11) is 0. The molecule has 4 nitrogen and oxygen atoms in total. The first-order valence-electron chi connectivity index (χ1n) is 6.37. The smallest absolute Gasteiger partial charge is 0.304 e. The zero-order valence-electron chi connectivity index (χ0n) is 11.1. The minimum atomic E-state index is -0.0412. The van der Waals surface area contributed by atoms with Crippen LogP contribution < -0.4 is 15.9 Å². The summed E-state index contributed by atoms with van der Waals surface area (Å²) in [5.41, 5.74) is 8.49. The van der Waals surface area contributed by atoms with E-state index >= 15 is 0 Å². The molecule has 0 saturated heterocycles. The first kappa shape index (κ1) is 13.8. The summed E-state index contributed by atoms with van der Waals surface area (Å²) in [6.45, 7) is 0.565. The van der Waals surface area contributed by atoms with E-state index in [1.807, 2.05) is 41.8 Å². The molecule has 0 bridgehead atoms.